The summed E-state index contributed by atoms with van der Waals surface area (Å²) in [5, 5.41) is 14.5. The number of aromatic nitrogens is 2. The van der Waals surface area contributed by atoms with E-state index in [-0.39, 0.29) is 17.1 Å². The predicted molar refractivity (Wildman–Crippen MR) is 118 cm³/mol. The van der Waals surface area contributed by atoms with Gasteiger partial charge in [0.15, 0.2) is 0 Å². The third-order valence-electron chi connectivity index (χ3n) is 5.13. The molecule has 0 bridgehead atoms. The molecular weight excluding hydrogens is 417 g/mol. The van der Waals surface area contributed by atoms with E-state index >= 15 is 0 Å². The Balaban J connectivity index is 1.43. The summed E-state index contributed by atoms with van der Waals surface area (Å²) >= 11 is 1.14. The molecule has 1 aliphatic heterocycles. The van der Waals surface area contributed by atoms with Crippen molar-refractivity contribution in [1.29, 1.82) is 0 Å². The number of rotatable bonds is 5. The molecule has 1 saturated heterocycles. The van der Waals surface area contributed by atoms with E-state index in [9.17, 15) is 14.0 Å². The number of urea groups is 1. The Bertz CT molecular complexity index is 1090. The smallest absolute Gasteiger partial charge is 0.320 e. The van der Waals surface area contributed by atoms with Gasteiger partial charge in [0.25, 0.3) is 5.91 Å². The molecule has 4 rings (SSSR count). The molecule has 31 heavy (non-hydrogen) atoms. The zero-order valence-corrected chi connectivity index (χ0v) is 17.8. The van der Waals surface area contributed by atoms with E-state index in [0.29, 0.717) is 17.2 Å². The summed E-state index contributed by atoms with van der Waals surface area (Å²) in [7, 11) is 0. The fourth-order valence-electron chi connectivity index (χ4n) is 3.50. The zero-order chi connectivity index (χ0) is 21.8. The predicted octanol–water partition coefficient (Wildman–Crippen LogP) is 4.86. The molecule has 0 radical (unpaired) electrons. The standard InChI is InChI=1S/C22H22FN5O2S/c1-2-14-8-10-16(11-9-14)25-22(30)28-12-4-7-18(28)20-26-27-21(31-20)19(29)24-17-6-3-5-15(23)13-17/h3,5-6,8-11,13,18H,2,4,7,12H2,1H3,(H,24,29)(H,25,30). The number of anilines is 2. The molecule has 0 spiro atoms. The van der Waals surface area contributed by atoms with Gasteiger partial charge in [0.05, 0.1) is 6.04 Å². The summed E-state index contributed by atoms with van der Waals surface area (Å²) in [5.41, 5.74) is 2.29. The average Bonchev–Trinajstić information content (AvgIpc) is 3.44. The molecule has 2 aromatic carbocycles. The van der Waals surface area contributed by atoms with E-state index in [1.54, 1.807) is 11.0 Å². The molecule has 3 amide bonds. The van der Waals surface area contributed by atoms with Crippen LogP contribution in [0.2, 0.25) is 0 Å². The number of nitrogens with zero attached hydrogens (tertiary/aromatic N) is 3. The number of hydrogen-bond donors (Lipinski definition) is 2. The number of benzene rings is 2. The molecule has 2 heterocycles. The van der Waals surface area contributed by atoms with E-state index in [1.165, 1.54) is 23.8 Å². The van der Waals surface area contributed by atoms with Gasteiger partial charge in [0, 0.05) is 17.9 Å². The molecule has 0 aliphatic carbocycles. The zero-order valence-electron chi connectivity index (χ0n) is 17.0. The van der Waals surface area contributed by atoms with Gasteiger partial charge < -0.3 is 15.5 Å². The van der Waals surface area contributed by atoms with Gasteiger partial charge in [-0.05, 0) is 55.2 Å². The minimum atomic E-state index is -0.459. The first kappa shape index (κ1) is 20.9. The Labute approximate surface area is 183 Å². The van der Waals surface area contributed by atoms with Crippen molar-refractivity contribution in [3.05, 3.63) is 69.9 Å². The lowest BCUT2D eigenvalue weighted by Crippen LogP contribution is -2.34. The van der Waals surface area contributed by atoms with Gasteiger partial charge in [-0.25, -0.2) is 9.18 Å². The molecule has 2 N–H and O–H groups in total. The second kappa shape index (κ2) is 9.22. The van der Waals surface area contributed by atoms with Crippen LogP contribution in [0.15, 0.2) is 48.5 Å². The quantitative estimate of drug-likeness (QED) is 0.594. The molecule has 1 aliphatic rings. The van der Waals surface area contributed by atoms with Gasteiger partial charge in [0.2, 0.25) is 5.01 Å². The fourth-order valence-corrected chi connectivity index (χ4v) is 4.38. The summed E-state index contributed by atoms with van der Waals surface area (Å²) in [6.07, 6.45) is 2.54. The van der Waals surface area contributed by atoms with E-state index in [0.717, 1.165) is 36.3 Å². The first-order chi connectivity index (χ1) is 15.0. The molecule has 7 nitrogen and oxygen atoms in total. The second-order valence-corrected chi connectivity index (χ2v) is 8.25. The van der Waals surface area contributed by atoms with E-state index in [2.05, 4.69) is 27.8 Å². The van der Waals surface area contributed by atoms with Gasteiger partial charge >= 0.3 is 6.03 Å². The summed E-state index contributed by atoms with van der Waals surface area (Å²) < 4.78 is 13.3. The Morgan fingerprint density at radius 1 is 1.13 bits per heavy atom. The highest BCUT2D eigenvalue weighted by Gasteiger charge is 2.33. The van der Waals surface area contributed by atoms with Crippen molar-refractivity contribution in [1.82, 2.24) is 15.1 Å². The third kappa shape index (κ3) is 4.88. The number of likely N-dealkylation sites (tertiary alicyclic amines) is 1. The Morgan fingerprint density at radius 3 is 2.68 bits per heavy atom. The lowest BCUT2D eigenvalue weighted by Gasteiger charge is -2.23. The molecule has 0 saturated carbocycles. The molecule has 160 valence electrons. The fraction of sp³-hybridized carbons (Fsp3) is 0.273. The van der Waals surface area contributed by atoms with Crippen LogP contribution in [0, 0.1) is 5.82 Å². The van der Waals surface area contributed by atoms with Crippen molar-refractivity contribution in [3.8, 4) is 0 Å². The van der Waals surface area contributed by atoms with Crippen molar-refractivity contribution in [2.75, 3.05) is 17.2 Å². The Kier molecular flexibility index (Phi) is 6.22. The molecular formula is C22H22FN5O2S. The van der Waals surface area contributed by atoms with Crippen LogP contribution in [0.25, 0.3) is 0 Å². The van der Waals surface area contributed by atoms with Crippen molar-refractivity contribution < 1.29 is 14.0 Å². The highest BCUT2D eigenvalue weighted by Crippen LogP contribution is 2.34. The molecule has 1 atom stereocenters. The monoisotopic (exact) mass is 439 g/mol. The van der Waals surface area contributed by atoms with Crippen LogP contribution in [0.5, 0.6) is 0 Å². The van der Waals surface area contributed by atoms with Crippen molar-refractivity contribution in [3.63, 3.8) is 0 Å². The van der Waals surface area contributed by atoms with Crippen LogP contribution in [-0.2, 0) is 6.42 Å². The van der Waals surface area contributed by atoms with Crippen LogP contribution >= 0.6 is 11.3 Å². The number of hydrogen-bond acceptors (Lipinski definition) is 5. The maximum atomic E-state index is 13.3. The van der Waals surface area contributed by atoms with Crippen LogP contribution in [-0.4, -0.2) is 33.6 Å². The van der Waals surface area contributed by atoms with Gasteiger partial charge in [-0.2, -0.15) is 0 Å². The van der Waals surface area contributed by atoms with Crippen LogP contribution in [0.3, 0.4) is 0 Å². The van der Waals surface area contributed by atoms with E-state index in [4.69, 9.17) is 0 Å². The number of carbonyl (C=O) groups excluding carboxylic acids is 2. The van der Waals surface area contributed by atoms with Gasteiger partial charge in [-0.15, -0.1) is 10.2 Å². The number of aryl methyl sites for hydroxylation is 1. The molecule has 3 aromatic rings. The summed E-state index contributed by atoms with van der Waals surface area (Å²) in [4.78, 5) is 27.0. The maximum absolute atomic E-state index is 13.3. The molecule has 1 unspecified atom stereocenters. The third-order valence-corrected chi connectivity index (χ3v) is 6.15. The lowest BCUT2D eigenvalue weighted by molar-refractivity contribution is 0.102. The van der Waals surface area contributed by atoms with Crippen LogP contribution in [0.4, 0.5) is 20.6 Å². The SMILES string of the molecule is CCc1ccc(NC(=O)N2CCCC2c2nnc(C(=O)Nc3cccc(F)c3)s2)cc1. The first-order valence-electron chi connectivity index (χ1n) is 10.1. The first-order valence-corrected chi connectivity index (χ1v) is 10.9. The summed E-state index contributed by atoms with van der Waals surface area (Å²) in [6, 6.07) is 13.0. The molecule has 1 fully saturated rings. The van der Waals surface area contributed by atoms with Crippen LogP contribution < -0.4 is 10.6 Å². The largest absolute Gasteiger partial charge is 0.322 e. The highest BCUT2D eigenvalue weighted by molar-refractivity contribution is 7.13. The van der Waals surface area contributed by atoms with E-state index < -0.39 is 11.7 Å². The topological polar surface area (TPSA) is 87.2 Å². The van der Waals surface area contributed by atoms with Gasteiger partial charge in [0.1, 0.15) is 10.8 Å². The molecule has 1 aromatic heterocycles. The van der Waals surface area contributed by atoms with Crippen molar-refractivity contribution in [2.24, 2.45) is 0 Å². The number of nitrogens with one attached hydrogen (secondary N) is 2. The number of carbonyl (C=O) groups is 2. The number of amides is 3. The average molecular weight is 440 g/mol. The Hall–Kier alpha value is -3.33. The van der Waals surface area contributed by atoms with Crippen molar-refractivity contribution >= 4 is 34.6 Å². The van der Waals surface area contributed by atoms with Crippen molar-refractivity contribution in [2.45, 2.75) is 32.2 Å². The molecule has 9 heteroatoms. The lowest BCUT2D eigenvalue weighted by atomic mass is 10.1. The maximum Gasteiger partial charge on any atom is 0.322 e. The minimum absolute atomic E-state index is 0.168. The second-order valence-electron chi connectivity index (χ2n) is 7.24. The number of halogens is 1. The van der Waals surface area contributed by atoms with Crippen LogP contribution in [0.1, 0.15) is 46.2 Å². The van der Waals surface area contributed by atoms with Gasteiger partial charge in [-0.1, -0.05) is 36.5 Å². The highest BCUT2D eigenvalue weighted by atomic mass is 32.1. The normalized spacial score (nSPS) is 15.7. The Morgan fingerprint density at radius 2 is 1.94 bits per heavy atom. The van der Waals surface area contributed by atoms with Gasteiger partial charge in [-0.3, -0.25) is 4.79 Å². The minimum Gasteiger partial charge on any atom is -0.320 e. The van der Waals surface area contributed by atoms with E-state index in [1.807, 2.05) is 24.3 Å². The summed E-state index contributed by atoms with van der Waals surface area (Å²) in [6.45, 7) is 2.69. The summed E-state index contributed by atoms with van der Waals surface area (Å²) in [5.74, 6) is -0.896.